The number of hydrogen-bond donors (Lipinski definition) is 3. The molecule has 0 aliphatic rings. The summed E-state index contributed by atoms with van der Waals surface area (Å²) in [6, 6.07) is 3.19. The molecule has 3 rings (SSSR count). The number of anilines is 1. The molecule has 3 heterocycles. The number of nitrogens with zero attached hydrogens (tertiary/aromatic N) is 3. The Bertz CT molecular complexity index is 929. The normalized spacial score (nSPS) is 12.3. The van der Waals surface area contributed by atoms with Crippen LogP contribution in [-0.2, 0) is 4.79 Å². The Kier molecular flexibility index (Phi) is 5.37. The number of likely N-dealkylation sites (N-methyl/N-ethyl adjacent to an activating group) is 1. The minimum Gasteiger partial charge on any atom is -0.358 e. The molecule has 3 aromatic heterocycles. The van der Waals surface area contributed by atoms with Gasteiger partial charge >= 0.3 is 0 Å². The molecule has 0 spiro atoms. The predicted molar refractivity (Wildman–Crippen MR) is 105 cm³/mol. The van der Waals surface area contributed by atoms with Gasteiger partial charge in [0.25, 0.3) is 0 Å². The van der Waals surface area contributed by atoms with Crippen molar-refractivity contribution >= 4 is 34.4 Å². The van der Waals surface area contributed by atoms with Gasteiger partial charge in [-0.25, -0.2) is 15.0 Å². The third kappa shape index (κ3) is 3.77. The van der Waals surface area contributed by atoms with Crippen LogP contribution < -0.4 is 10.6 Å². The van der Waals surface area contributed by atoms with E-state index in [1.165, 1.54) is 0 Å². The van der Waals surface area contributed by atoms with Gasteiger partial charge in [0, 0.05) is 37.5 Å². The van der Waals surface area contributed by atoms with Crippen LogP contribution in [0.25, 0.3) is 22.4 Å². The van der Waals surface area contributed by atoms with Gasteiger partial charge in [0.05, 0.1) is 5.02 Å². The number of pyridine rings is 1. The van der Waals surface area contributed by atoms with Crippen molar-refractivity contribution in [1.82, 2.24) is 25.3 Å². The summed E-state index contributed by atoms with van der Waals surface area (Å²) in [5.74, 6) is 1.18. The number of H-pyrrole nitrogens is 1. The van der Waals surface area contributed by atoms with Crippen LogP contribution in [0.15, 0.2) is 30.7 Å². The summed E-state index contributed by atoms with van der Waals surface area (Å²) in [6.07, 6.45) is 5.05. The Hall–Kier alpha value is -2.67. The third-order valence-electron chi connectivity index (χ3n) is 4.00. The first kappa shape index (κ1) is 18.1. The molecule has 0 saturated heterocycles. The van der Waals surface area contributed by atoms with Crippen LogP contribution >= 0.6 is 11.6 Å². The molecule has 0 unspecified atom stereocenters. The average molecular weight is 375 g/mol. The molecule has 0 bridgehead atoms. The van der Waals surface area contributed by atoms with Crippen LogP contribution in [0.3, 0.4) is 0 Å². The average Bonchev–Trinajstić information content (AvgIpc) is 3.03. The van der Waals surface area contributed by atoms with Crippen molar-refractivity contribution in [2.75, 3.05) is 11.9 Å². The number of aromatic amines is 1. The highest BCUT2D eigenvalue weighted by Gasteiger charge is 2.22. The van der Waals surface area contributed by atoms with Gasteiger partial charge in [-0.2, -0.15) is 0 Å². The van der Waals surface area contributed by atoms with E-state index in [9.17, 15) is 4.79 Å². The first-order valence-electron chi connectivity index (χ1n) is 8.50. The molecular weight excluding hydrogens is 352 g/mol. The van der Waals surface area contributed by atoms with E-state index in [-0.39, 0.29) is 19.3 Å². The molecule has 0 saturated carbocycles. The number of fused-ring (bicyclic) bond motifs is 1. The maximum atomic E-state index is 12.3. The summed E-state index contributed by atoms with van der Waals surface area (Å²) in [4.78, 5) is 28.5. The lowest BCUT2D eigenvalue weighted by Gasteiger charge is -2.22. The van der Waals surface area contributed by atoms with Crippen molar-refractivity contribution in [2.45, 2.75) is 26.8 Å². The van der Waals surface area contributed by atoms with E-state index in [0.717, 1.165) is 10.9 Å². The number of amides is 1. The van der Waals surface area contributed by atoms with Gasteiger partial charge in [-0.1, -0.05) is 25.4 Å². The fraction of sp³-hybridized carbons (Fsp3) is 0.333. The molecule has 0 fully saturated rings. The number of nitrogens with one attached hydrogen (secondary N) is 3. The Morgan fingerprint density at radius 1 is 1.38 bits per heavy atom. The van der Waals surface area contributed by atoms with Gasteiger partial charge in [0.1, 0.15) is 17.5 Å². The predicted octanol–water partition coefficient (Wildman–Crippen LogP) is 3.49. The highest BCUT2D eigenvalue weighted by atomic mass is 35.5. The van der Waals surface area contributed by atoms with Crippen LogP contribution in [0.4, 0.5) is 5.82 Å². The zero-order valence-electron chi connectivity index (χ0n) is 14.9. The van der Waals surface area contributed by atoms with E-state index in [1.54, 1.807) is 24.7 Å². The van der Waals surface area contributed by atoms with Crippen molar-refractivity contribution in [3.8, 4) is 11.4 Å². The van der Waals surface area contributed by atoms with Crippen molar-refractivity contribution in [3.05, 3.63) is 35.7 Å². The first-order chi connectivity index (χ1) is 12.5. The molecule has 7 nitrogen and oxygen atoms in total. The van der Waals surface area contributed by atoms with Gasteiger partial charge < -0.3 is 15.6 Å². The van der Waals surface area contributed by atoms with E-state index < -0.39 is 0 Å². The molecule has 3 aromatic rings. The number of hydrogen-bond acceptors (Lipinski definition) is 5. The summed E-state index contributed by atoms with van der Waals surface area (Å²) >= 11 is 6.06. The summed E-state index contributed by atoms with van der Waals surface area (Å²) < 4.78 is 0. The quantitative estimate of drug-likeness (QED) is 0.613. The topological polar surface area (TPSA) is 95.6 Å². The van der Waals surface area contributed by atoms with E-state index in [2.05, 4.69) is 30.6 Å². The number of carbonyl (C=O) groups excluding carboxylic acids is 1. The maximum absolute atomic E-state index is 12.3. The van der Waals surface area contributed by atoms with Gasteiger partial charge in [-0.15, -0.1) is 0 Å². The van der Waals surface area contributed by atoms with Gasteiger partial charge in [0.15, 0.2) is 5.82 Å². The molecule has 0 aromatic carbocycles. The minimum atomic E-state index is -0.378. The largest absolute Gasteiger partial charge is 0.358 e. The minimum absolute atomic E-state index is 0. The standard InChI is InChI=1S/C18H21ClN6O.H2/c1-4-20-18(26)15(10(2)3)24-14-5-6-21-17(25-14)13-9-23-16-12(13)7-11(19)8-22-16;/h5-10,15H,4H2,1-3H3,(H,20,26)(H,22,23)(H,21,24,25);1H/t15-;/m1./s1. The highest BCUT2D eigenvalue weighted by molar-refractivity contribution is 6.31. The molecule has 3 N–H and O–H groups in total. The van der Waals surface area contributed by atoms with E-state index in [4.69, 9.17) is 11.6 Å². The van der Waals surface area contributed by atoms with Gasteiger partial charge in [-0.3, -0.25) is 4.79 Å². The lowest BCUT2D eigenvalue weighted by atomic mass is 10.0. The van der Waals surface area contributed by atoms with Crippen molar-refractivity contribution < 1.29 is 6.22 Å². The third-order valence-corrected chi connectivity index (χ3v) is 4.20. The molecular formula is C18H23ClN6O. The molecule has 0 aliphatic heterocycles. The summed E-state index contributed by atoms with van der Waals surface area (Å²) in [5, 5.41) is 7.45. The first-order valence-corrected chi connectivity index (χ1v) is 8.87. The second-order valence-corrected chi connectivity index (χ2v) is 6.71. The highest BCUT2D eigenvalue weighted by Crippen LogP contribution is 2.27. The van der Waals surface area contributed by atoms with Crippen LogP contribution in [0, 0.1) is 5.92 Å². The summed E-state index contributed by atoms with van der Waals surface area (Å²) in [5.41, 5.74) is 1.52. The fourth-order valence-electron chi connectivity index (χ4n) is 2.71. The van der Waals surface area contributed by atoms with E-state index in [1.807, 2.05) is 26.8 Å². The number of carbonyl (C=O) groups is 1. The smallest absolute Gasteiger partial charge is 0.242 e. The van der Waals surface area contributed by atoms with Crippen LogP contribution in [0.2, 0.25) is 5.02 Å². The Balaban J connectivity index is 0.00000261. The number of rotatable bonds is 6. The lowest BCUT2D eigenvalue weighted by Crippen LogP contribution is -2.43. The van der Waals surface area contributed by atoms with Crippen molar-refractivity contribution in [2.24, 2.45) is 5.92 Å². The lowest BCUT2D eigenvalue weighted by molar-refractivity contribution is -0.122. The molecule has 0 radical (unpaired) electrons. The maximum Gasteiger partial charge on any atom is 0.242 e. The molecule has 1 atom stereocenters. The zero-order chi connectivity index (χ0) is 18.7. The molecule has 8 heteroatoms. The second-order valence-electron chi connectivity index (χ2n) is 6.28. The second kappa shape index (κ2) is 7.70. The summed E-state index contributed by atoms with van der Waals surface area (Å²) in [7, 11) is 0. The summed E-state index contributed by atoms with van der Waals surface area (Å²) in [6.45, 7) is 6.46. The molecule has 138 valence electrons. The van der Waals surface area contributed by atoms with E-state index >= 15 is 0 Å². The number of aromatic nitrogens is 4. The fourth-order valence-corrected chi connectivity index (χ4v) is 2.87. The molecule has 0 aliphatic carbocycles. The Labute approximate surface area is 158 Å². The zero-order valence-corrected chi connectivity index (χ0v) is 15.6. The molecule has 26 heavy (non-hydrogen) atoms. The van der Waals surface area contributed by atoms with Crippen LogP contribution in [0.1, 0.15) is 22.2 Å². The Morgan fingerprint density at radius 3 is 2.92 bits per heavy atom. The Morgan fingerprint density at radius 2 is 2.19 bits per heavy atom. The SMILES string of the molecule is CCNC(=O)[C@H](Nc1ccnc(-c2c[nH]c3ncc(Cl)cc23)n1)C(C)C.[HH]. The van der Waals surface area contributed by atoms with Crippen molar-refractivity contribution in [1.29, 1.82) is 0 Å². The number of halogens is 1. The monoisotopic (exact) mass is 374 g/mol. The van der Waals surface area contributed by atoms with Crippen LogP contribution in [-0.4, -0.2) is 38.4 Å². The van der Waals surface area contributed by atoms with Gasteiger partial charge in [-0.05, 0) is 25.0 Å². The van der Waals surface area contributed by atoms with Crippen molar-refractivity contribution in [3.63, 3.8) is 0 Å². The molecule has 1 amide bonds. The van der Waals surface area contributed by atoms with E-state index in [0.29, 0.717) is 28.9 Å². The van der Waals surface area contributed by atoms with Crippen LogP contribution in [0.5, 0.6) is 0 Å². The van der Waals surface area contributed by atoms with Gasteiger partial charge in [0.2, 0.25) is 5.91 Å².